The Labute approximate surface area is 155 Å². The Bertz CT molecular complexity index is 659. The Hall–Kier alpha value is -1.68. The van der Waals surface area contributed by atoms with Crippen molar-refractivity contribution in [1.82, 2.24) is 5.32 Å². The van der Waals surface area contributed by atoms with Crippen molar-refractivity contribution in [3.63, 3.8) is 0 Å². The molecule has 130 valence electrons. The van der Waals surface area contributed by atoms with Crippen LogP contribution >= 0.6 is 24.8 Å². The molecule has 2 aromatic rings. The van der Waals surface area contributed by atoms with E-state index in [0.717, 1.165) is 31.1 Å². The molecule has 0 radical (unpaired) electrons. The smallest absolute Gasteiger partial charge is 0.124 e. The van der Waals surface area contributed by atoms with Gasteiger partial charge in [-0.25, -0.2) is 0 Å². The predicted molar refractivity (Wildman–Crippen MR) is 104 cm³/mol. The molecule has 0 spiro atoms. The van der Waals surface area contributed by atoms with Crippen molar-refractivity contribution in [1.29, 1.82) is 0 Å². The van der Waals surface area contributed by atoms with Crippen LogP contribution in [0.1, 0.15) is 18.0 Å². The van der Waals surface area contributed by atoms with E-state index in [-0.39, 0.29) is 24.8 Å². The van der Waals surface area contributed by atoms with Crippen LogP contribution in [0.4, 0.5) is 0 Å². The van der Waals surface area contributed by atoms with Crippen molar-refractivity contribution < 1.29 is 9.47 Å². The van der Waals surface area contributed by atoms with E-state index in [2.05, 4.69) is 42.2 Å². The molecule has 0 bridgehead atoms. The lowest BCUT2D eigenvalue weighted by atomic mass is 9.95. The van der Waals surface area contributed by atoms with Crippen LogP contribution in [0, 0.1) is 0 Å². The highest BCUT2D eigenvalue weighted by molar-refractivity contribution is 5.85. The summed E-state index contributed by atoms with van der Waals surface area (Å²) in [6.45, 7) is 5.33. The number of nitrogens with one attached hydrogen (secondary N) is 1. The van der Waals surface area contributed by atoms with Crippen LogP contribution in [0.5, 0.6) is 11.5 Å². The zero-order valence-electron chi connectivity index (χ0n) is 13.7. The van der Waals surface area contributed by atoms with Crippen molar-refractivity contribution in [2.75, 3.05) is 20.3 Å². The minimum absolute atomic E-state index is 0. The van der Waals surface area contributed by atoms with E-state index in [1.807, 2.05) is 18.2 Å². The fourth-order valence-electron chi connectivity index (χ4n) is 2.80. The molecule has 1 heterocycles. The molecule has 1 aliphatic rings. The van der Waals surface area contributed by atoms with Crippen LogP contribution in [0.2, 0.25) is 0 Å². The normalized spacial score (nSPS) is 15.1. The van der Waals surface area contributed by atoms with Gasteiger partial charge in [0.2, 0.25) is 0 Å². The van der Waals surface area contributed by atoms with Gasteiger partial charge < -0.3 is 14.8 Å². The molecule has 1 aliphatic heterocycles. The summed E-state index contributed by atoms with van der Waals surface area (Å²) in [6, 6.07) is 14.8. The minimum atomic E-state index is 0. The molecule has 0 saturated carbocycles. The Kier molecular flexibility index (Phi) is 8.13. The van der Waals surface area contributed by atoms with Crippen molar-refractivity contribution in [3.05, 3.63) is 60.7 Å². The van der Waals surface area contributed by atoms with Gasteiger partial charge in [-0.05, 0) is 35.4 Å². The number of hydrogen-bond donors (Lipinski definition) is 1. The van der Waals surface area contributed by atoms with Crippen LogP contribution < -0.4 is 14.8 Å². The van der Waals surface area contributed by atoms with Crippen molar-refractivity contribution in [3.8, 4) is 22.6 Å². The molecular formula is C19H23Cl2NO2. The number of halogens is 2. The quantitative estimate of drug-likeness (QED) is 0.769. The highest BCUT2D eigenvalue weighted by Crippen LogP contribution is 2.35. The number of fused-ring (bicyclic) bond motifs is 1. The number of hydrogen-bond acceptors (Lipinski definition) is 3. The standard InChI is InChI=1S/C19H21NO2.2ClH/c1-3-11-20-18-10-12-22-19-9-6-15(13-17(18)19)14-4-7-16(21-2)8-5-14;;/h3-9,13,18,20H,1,10-12H2,2H3;2*1H. The van der Waals surface area contributed by atoms with Gasteiger partial charge in [-0.1, -0.05) is 24.3 Å². The fraction of sp³-hybridized carbons (Fsp3) is 0.263. The Morgan fingerprint density at radius 3 is 2.54 bits per heavy atom. The molecule has 1 unspecified atom stereocenters. The van der Waals surface area contributed by atoms with Gasteiger partial charge in [-0.2, -0.15) is 0 Å². The molecule has 0 aliphatic carbocycles. The summed E-state index contributed by atoms with van der Waals surface area (Å²) in [7, 11) is 1.68. The van der Waals surface area contributed by atoms with E-state index in [4.69, 9.17) is 9.47 Å². The Morgan fingerprint density at radius 2 is 1.88 bits per heavy atom. The van der Waals surface area contributed by atoms with Gasteiger partial charge >= 0.3 is 0 Å². The number of benzene rings is 2. The summed E-state index contributed by atoms with van der Waals surface area (Å²) in [5.41, 5.74) is 3.59. The van der Waals surface area contributed by atoms with E-state index in [0.29, 0.717) is 6.04 Å². The van der Waals surface area contributed by atoms with Gasteiger partial charge in [0.05, 0.1) is 13.7 Å². The topological polar surface area (TPSA) is 30.5 Å². The fourth-order valence-corrected chi connectivity index (χ4v) is 2.80. The molecule has 3 rings (SSSR count). The second-order valence-electron chi connectivity index (χ2n) is 5.37. The van der Waals surface area contributed by atoms with Gasteiger partial charge in [0, 0.05) is 24.6 Å². The van der Waals surface area contributed by atoms with Gasteiger partial charge in [0.25, 0.3) is 0 Å². The lowest BCUT2D eigenvalue weighted by molar-refractivity contribution is 0.255. The average molecular weight is 368 g/mol. The van der Waals surface area contributed by atoms with Gasteiger partial charge in [0.15, 0.2) is 0 Å². The summed E-state index contributed by atoms with van der Waals surface area (Å²) >= 11 is 0. The second-order valence-corrected chi connectivity index (χ2v) is 5.37. The van der Waals surface area contributed by atoms with Crippen molar-refractivity contribution in [2.45, 2.75) is 12.5 Å². The first-order valence-corrected chi connectivity index (χ1v) is 7.57. The van der Waals surface area contributed by atoms with Crippen LogP contribution in [0.3, 0.4) is 0 Å². The summed E-state index contributed by atoms with van der Waals surface area (Å²) < 4.78 is 11.0. The lowest BCUT2D eigenvalue weighted by Gasteiger charge is -2.27. The molecule has 24 heavy (non-hydrogen) atoms. The highest BCUT2D eigenvalue weighted by atomic mass is 35.5. The van der Waals surface area contributed by atoms with Crippen molar-refractivity contribution >= 4 is 24.8 Å². The summed E-state index contributed by atoms with van der Waals surface area (Å²) in [4.78, 5) is 0. The molecule has 2 aromatic carbocycles. The first-order valence-electron chi connectivity index (χ1n) is 7.57. The van der Waals surface area contributed by atoms with Crippen LogP contribution in [0.25, 0.3) is 11.1 Å². The molecule has 0 amide bonds. The first kappa shape index (κ1) is 20.4. The summed E-state index contributed by atoms with van der Waals surface area (Å²) in [5.74, 6) is 1.85. The summed E-state index contributed by atoms with van der Waals surface area (Å²) in [6.07, 6.45) is 2.87. The molecule has 0 aromatic heterocycles. The van der Waals surface area contributed by atoms with Crippen molar-refractivity contribution in [2.24, 2.45) is 0 Å². The average Bonchev–Trinajstić information content (AvgIpc) is 2.59. The third-order valence-electron chi connectivity index (χ3n) is 3.98. The lowest BCUT2D eigenvalue weighted by Crippen LogP contribution is -2.27. The molecule has 1 atom stereocenters. The van der Waals surface area contributed by atoms with Gasteiger partial charge in [-0.3, -0.25) is 0 Å². The molecule has 1 N–H and O–H groups in total. The maximum Gasteiger partial charge on any atom is 0.124 e. The highest BCUT2D eigenvalue weighted by Gasteiger charge is 2.21. The van der Waals surface area contributed by atoms with Crippen LogP contribution in [-0.4, -0.2) is 20.3 Å². The maximum atomic E-state index is 5.78. The second kappa shape index (κ2) is 9.58. The van der Waals surface area contributed by atoms with Crippen LogP contribution in [0.15, 0.2) is 55.1 Å². The molecule has 0 saturated heterocycles. The Balaban J connectivity index is 0.00000144. The minimum Gasteiger partial charge on any atom is -0.497 e. The SMILES string of the molecule is C=CCNC1CCOc2ccc(-c3ccc(OC)cc3)cc21.Cl.Cl. The van der Waals surface area contributed by atoms with Crippen LogP contribution in [-0.2, 0) is 0 Å². The van der Waals surface area contributed by atoms with E-state index >= 15 is 0 Å². The molecule has 0 fully saturated rings. The molecular weight excluding hydrogens is 345 g/mol. The van der Waals surface area contributed by atoms with E-state index in [1.165, 1.54) is 16.7 Å². The number of rotatable bonds is 5. The van der Waals surface area contributed by atoms with E-state index < -0.39 is 0 Å². The van der Waals surface area contributed by atoms with Gasteiger partial charge in [0.1, 0.15) is 11.5 Å². The number of ether oxygens (including phenoxy) is 2. The third-order valence-corrected chi connectivity index (χ3v) is 3.98. The van der Waals surface area contributed by atoms with E-state index in [1.54, 1.807) is 7.11 Å². The molecule has 3 nitrogen and oxygen atoms in total. The van der Waals surface area contributed by atoms with Gasteiger partial charge in [-0.15, -0.1) is 31.4 Å². The predicted octanol–water partition coefficient (Wildman–Crippen LogP) is 4.81. The number of methoxy groups -OCH3 is 1. The zero-order valence-corrected chi connectivity index (χ0v) is 15.3. The Morgan fingerprint density at radius 1 is 1.17 bits per heavy atom. The summed E-state index contributed by atoms with van der Waals surface area (Å²) in [5, 5.41) is 3.51. The zero-order chi connectivity index (χ0) is 15.4. The third kappa shape index (κ3) is 4.44. The largest absolute Gasteiger partial charge is 0.497 e. The molecule has 5 heteroatoms. The first-order chi connectivity index (χ1) is 10.8. The maximum absolute atomic E-state index is 5.78. The monoisotopic (exact) mass is 367 g/mol. The van der Waals surface area contributed by atoms with E-state index in [9.17, 15) is 0 Å².